The van der Waals surface area contributed by atoms with Crippen LogP contribution in [0.3, 0.4) is 0 Å². The maximum absolute atomic E-state index is 12.9. The number of ether oxygens (including phenoxy) is 1. The third-order valence-electron chi connectivity index (χ3n) is 3.81. The fourth-order valence-corrected chi connectivity index (χ4v) is 2.47. The second kappa shape index (κ2) is 8.70. The van der Waals surface area contributed by atoms with Gasteiger partial charge in [0.15, 0.2) is 6.61 Å². The molecule has 0 saturated carbocycles. The van der Waals surface area contributed by atoms with Crippen LogP contribution < -0.4 is 10.2 Å². The Balaban J connectivity index is 1.97. The van der Waals surface area contributed by atoms with Crippen LogP contribution in [0.15, 0.2) is 47.6 Å². The lowest BCUT2D eigenvalue weighted by Crippen LogP contribution is -2.25. The van der Waals surface area contributed by atoms with Crippen molar-refractivity contribution < 1.29 is 22.7 Å². The molecule has 0 radical (unpaired) electrons. The minimum absolute atomic E-state index is 0.133. The maximum Gasteiger partial charge on any atom is 0.417 e. The average molecular weight is 378 g/mol. The van der Waals surface area contributed by atoms with E-state index in [9.17, 15) is 18.0 Å². The van der Waals surface area contributed by atoms with E-state index in [4.69, 9.17) is 4.74 Å². The molecule has 7 heteroatoms. The van der Waals surface area contributed by atoms with Gasteiger partial charge in [0, 0.05) is 5.56 Å². The predicted octanol–water partition coefficient (Wildman–Crippen LogP) is 4.67. The molecule has 0 aliphatic heterocycles. The van der Waals surface area contributed by atoms with Gasteiger partial charge in [0.1, 0.15) is 5.75 Å². The second-order valence-corrected chi connectivity index (χ2v) is 6.36. The first-order chi connectivity index (χ1) is 12.7. The lowest BCUT2D eigenvalue weighted by Gasteiger charge is -2.14. The van der Waals surface area contributed by atoms with Crippen LogP contribution in [0.2, 0.25) is 0 Å². The molecule has 0 saturated heterocycles. The van der Waals surface area contributed by atoms with Gasteiger partial charge in [-0.2, -0.15) is 18.3 Å². The Hall–Kier alpha value is -2.83. The van der Waals surface area contributed by atoms with Crippen molar-refractivity contribution in [2.24, 2.45) is 5.10 Å². The van der Waals surface area contributed by atoms with Crippen LogP contribution in [0.25, 0.3) is 0 Å². The number of alkyl halides is 3. The Bertz CT molecular complexity index is 830. The molecule has 144 valence electrons. The van der Waals surface area contributed by atoms with Crippen LogP contribution >= 0.6 is 0 Å². The van der Waals surface area contributed by atoms with Crippen LogP contribution in [0.1, 0.15) is 42.0 Å². The quantitative estimate of drug-likeness (QED) is 0.587. The molecule has 4 nitrogen and oxygen atoms in total. The summed E-state index contributed by atoms with van der Waals surface area (Å²) in [6.07, 6.45) is -3.53. The number of hydrogen-bond donors (Lipinski definition) is 1. The number of halogens is 3. The van der Waals surface area contributed by atoms with Gasteiger partial charge in [-0.05, 0) is 30.5 Å². The van der Waals surface area contributed by atoms with Gasteiger partial charge in [0.25, 0.3) is 5.91 Å². The fourth-order valence-electron chi connectivity index (χ4n) is 2.47. The van der Waals surface area contributed by atoms with E-state index in [0.717, 1.165) is 23.4 Å². The van der Waals surface area contributed by atoms with E-state index in [0.29, 0.717) is 5.75 Å². The minimum atomic E-state index is -4.49. The summed E-state index contributed by atoms with van der Waals surface area (Å²) in [6.45, 7) is 5.71. The Labute approximate surface area is 156 Å². The van der Waals surface area contributed by atoms with Crippen molar-refractivity contribution in [1.82, 2.24) is 5.43 Å². The summed E-state index contributed by atoms with van der Waals surface area (Å²) in [5.41, 5.74) is 3.29. The number of benzene rings is 2. The molecule has 0 bridgehead atoms. The Morgan fingerprint density at radius 2 is 1.93 bits per heavy atom. The Morgan fingerprint density at radius 1 is 1.22 bits per heavy atom. The second-order valence-electron chi connectivity index (χ2n) is 6.36. The van der Waals surface area contributed by atoms with Crippen LogP contribution in [-0.4, -0.2) is 18.7 Å². The molecule has 0 aliphatic rings. The topological polar surface area (TPSA) is 50.7 Å². The molecule has 1 N–H and O–H groups in total. The monoisotopic (exact) mass is 378 g/mol. The lowest BCUT2D eigenvalue weighted by molar-refractivity contribution is -0.137. The highest BCUT2D eigenvalue weighted by atomic mass is 19.4. The van der Waals surface area contributed by atoms with Gasteiger partial charge in [-0.1, -0.05) is 49.7 Å². The number of nitrogens with one attached hydrogen (secondary N) is 1. The molecule has 2 aromatic carbocycles. The molecule has 0 aliphatic carbocycles. The molecule has 0 atom stereocenters. The molecule has 0 aromatic heterocycles. The van der Waals surface area contributed by atoms with E-state index in [-0.39, 0.29) is 18.1 Å². The predicted molar refractivity (Wildman–Crippen MR) is 97.9 cm³/mol. The van der Waals surface area contributed by atoms with Gasteiger partial charge in [-0.15, -0.1) is 0 Å². The maximum atomic E-state index is 12.9. The normalized spacial score (nSPS) is 11.8. The smallest absolute Gasteiger partial charge is 0.417 e. The van der Waals surface area contributed by atoms with Crippen LogP contribution in [-0.2, 0) is 11.0 Å². The molecule has 27 heavy (non-hydrogen) atoms. The number of hydrogen-bond acceptors (Lipinski definition) is 3. The van der Waals surface area contributed by atoms with E-state index in [1.165, 1.54) is 18.2 Å². The summed E-state index contributed by atoms with van der Waals surface area (Å²) in [5, 5.41) is 3.60. The lowest BCUT2D eigenvalue weighted by atomic mass is 10.00. The van der Waals surface area contributed by atoms with Gasteiger partial charge < -0.3 is 4.74 Å². The van der Waals surface area contributed by atoms with Gasteiger partial charge in [-0.25, -0.2) is 5.43 Å². The molecule has 0 heterocycles. The first-order valence-electron chi connectivity index (χ1n) is 8.40. The van der Waals surface area contributed by atoms with Crippen molar-refractivity contribution in [1.29, 1.82) is 0 Å². The van der Waals surface area contributed by atoms with Gasteiger partial charge in [0.2, 0.25) is 0 Å². The summed E-state index contributed by atoms with van der Waals surface area (Å²) in [7, 11) is 0. The van der Waals surface area contributed by atoms with E-state index in [2.05, 4.69) is 10.5 Å². The van der Waals surface area contributed by atoms with Crippen molar-refractivity contribution in [2.45, 2.75) is 32.9 Å². The first kappa shape index (κ1) is 20.5. The highest BCUT2D eigenvalue weighted by molar-refractivity contribution is 5.84. The minimum Gasteiger partial charge on any atom is -0.483 e. The fraction of sp³-hybridized carbons (Fsp3) is 0.300. The number of carbonyl (C=O) groups excluding carboxylic acids is 1. The highest BCUT2D eigenvalue weighted by Crippen LogP contribution is 2.31. The van der Waals surface area contributed by atoms with E-state index < -0.39 is 17.6 Å². The Kier molecular flexibility index (Phi) is 6.60. The summed E-state index contributed by atoms with van der Waals surface area (Å²) in [5.74, 6) is 0.253. The summed E-state index contributed by atoms with van der Waals surface area (Å²) < 4.78 is 44.2. The van der Waals surface area contributed by atoms with Gasteiger partial charge in [-0.3, -0.25) is 4.79 Å². The SMILES string of the molecule is Cc1ccc(OCC(=O)NN=Cc2ccccc2C(F)(F)F)c(C(C)C)c1. The van der Waals surface area contributed by atoms with Crippen LogP contribution in [0.4, 0.5) is 13.2 Å². The van der Waals surface area contributed by atoms with Crippen molar-refractivity contribution >= 4 is 12.1 Å². The highest BCUT2D eigenvalue weighted by Gasteiger charge is 2.32. The summed E-state index contributed by atoms with van der Waals surface area (Å²) in [6, 6.07) is 10.6. The van der Waals surface area contributed by atoms with Crippen molar-refractivity contribution in [2.75, 3.05) is 6.61 Å². The number of rotatable bonds is 6. The standard InChI is InChI=1S/C20H21F3N2O2/c1-13(2)16-10-14(3)8-9-18(16)27-12-19(26)25-24-11-15-6-4-5-7-17(15)20(21,22)23/h4-11,13H,12H2,1-3H3,(H,25,26). The molecule has 2 aromatic rings. The average Bonchev–Trinajstić information content (AvgIpc) is 2.60. The van der Waals surface area contributed by atoms with Crippen LogP contribution in [0.5, 0.6) is 5.75 Å². The molecule has 0 fully saturated rings. The molecule has 0 spiro atoms. The molecular weight excluding hydrogens is 357 g/mol. The zero-order valence-corrected chi connectivity index (χ0v) is 15.3. The Morgan fingerprint density at radius 3 is 2.59 bits per heavy atom. The number of nitrogens with zero attached hydrogens (tertiary/aromatic N) is 1. The van der Waals surface area contributed by atoms with Crippen LogP contribution in [0, 0.1) is 6.92 Å². The molecular formula is C20H21F3N2O2. The first-order valence-corrected chi connectivity index (χ1v) is 8.40. The zero-order chi connectivity index (χ0) is 20.0. The van der Waals surface area contributed by atoms with Crippen molar-refractivity contribution in [3.63, 3.8) is 0 Å². The number of hydrazone groups is 1. The van der Waals surface area contributed by atoms with Gasteiger partial charge >= 0.3 is 6.18 Å². The molecule has 1 amide bonds. The third-order valence-corrected chi connectivity index (χ3v) is 3.81. The number of carbonyl (C=O) groups is 1. The number of aryl methyl sites for hydroxylation is 1. The molecule has 2 rings (SSSR count). The summed E-state index contributed by atoms with van der Waals surface area (Å²) >= 11 is 0. The van der Waals surface area contributed by atoms with E-state index in [1.807, 2.05) is 32.9 Å². The van der Waals surface area contributed by atoms with Gasteiger partial charge in [0.05, 0.1) is 11.8 Å². The number of amides is 1. The van der Waals surface area contributed by atoms with Crippen molar-refractivity contribution in [3.05, 3.63) is 64.7 Å². The molecule has 0 unspecified atom stereocenters. The zero-order valence-electron chi connectivity index (χ0n) is 15.3. The van der Waals surface area contributed by atoms with Crippen molar-refractivity contribution in [3.8, 4) is 5.75 Å². The van der Waals surface area contributed by atoms with E-state index >= 15 is 0 Å². The van der Waals surface area contributed by atoms with E-state index in [1.54, 1.807) is 6.07 Å². The largest absolute Gasteiger partial charge is 0.483 e. The summed E-state index contributed by atoms with van der Waals surface area (Å²) in [4.78, 5) is 11.9. The third kappa shape index (κ3) is 5.84.